The minimum absolute atomic E-state index is 0. The molecule has 0 saturated heterocycles. The van der Waals surface area contributed by atoms with E-state index in [9.17, 15) is 4.79 Å². The Labute approximate surface area is 131 Å². The van der Waals surface area contributed by atoms with E-state index in [0.717, 1.165) is 11.5 Å². The van der Waals surface area contributed by atoms with Gasteiger partial charge in [-0.05, 0) is 13.0 Å². The zero-order valence-corrected chi connectivity index (χ0v) is 12.9. The SMILES string of the molecule is C=C(C)C(=O)[n+]1ccccc1-[n+]1ccccc1C.[Cl-].[Cl-]. The number of nitrogens with zero attached hydrogens (tertiary/aromatic N) is 2. The van der Waals surface area contributed by atoms with Crippen molar-refractivity contribution in [3.63, 3.8) is 0 Å². The van der Waals surface area contributed by atoms with Crippen LogP contribution in [-0.2, 0) is 0 Å². The zero-order valence-electron chi connectivity index (χ0n) is 11.4. The highest BCUT2D eigenvalue weighted by Crippen LogP contribution is 1.97. The van der Waals surface area contributed by atoms with Crippen LogP contribution >= 0.6 is 0 Å². The monoisotopic (exact) mass is 310 g/mol. The van der Waals surface area contributed by atoms with Gasteiger partial charge in [0, 0.05) is 25.1 Å². The minimum atomic E-state index is -0.0960. The molecule has 0 aliphatic heterocycles. The van der Waals surface area contributed by atoms with Crippen molar-refractivity contribution in [3.05, 3.63) is 66.6 Å². The molecule has 0 atom stereocenters. The predicted molar refractivity (Wildman–Crippen MR) is 68.3 cm³/mol. The van der Waals surface area contributed by atoms with Crippen LogP contribution in [0.15, 0.2) is 60.9 Å². The highest BCUT2D eigenvalue weighted by Gasteiger charge is 2.27. The highest BCUT2D eigenvalue weighted by atomic mass is 35.5. The van der Waals surface area contributed by atoms with Gasteiger partial charge in [0.25, 0.3) is 0 Å². The first-order chi connectivity index (χ1) is 8.61. The molecular formula is C15H16Cl2N2O. The van der Waals surface area contributed by atoms with Crippen LogP contribution in [0.5, 0.6) is 0 Å². The molecular weight excluding hydrogens is 295 g/mol. The number of pyridine rings is 2. The third-order valence-electron chi connectivity index (χ3n) is 2.73. The Morgan fingerprint density at radius 1 is 1.05 bits per heavy atom. The van der Waals surface area contributed by atoms with E-state index in [-0.39, 0.29) is 30.7 Å². The maximum absolute atomic E-state index is 12.1. The fourth-order valence-corrected chi connectivity index (χ4v) is 1.79. The second-order valence-corrected chi connectivity index (χ2v) is 4.23. The molecule has 2 aromatic heterocycles. The van der Waals surface area contributed by atoms with E-state index in [1.807, 2.05) is 54.1 Å². The lowest BCUT2D eigenvalue weighted by Crippen LogP contribution is -3.00. The molecule has 5 heteroatoms. The smallest absolute Gasteiger partial charge is 0.457 e. The molecule has 2 heterocycles. The highest BCUT2D eigenvalue weighted by molar-refractivity contribution is 5.85. The van der Waals surface area contributed by atoms with Gasteiger partial charge in [-0.3, -0.25) is 0 Å². The molecule has 0 saturated carbocycles. The molecule has 0 unspecified atom stereocenters. The van der Waals surface area contributed by atoms with Crippen LogP contribution in [0.1, 0.15) is 17.4 Å². The summed E-state index contributed by atoms with van der Waals surface area (Å²) in [4.78, 5) is 12.1. The summed E-state index contributed by atoms with van der Waals surface area (Å²) in [5, 5.41) is 0. The summed E-state index contributed by atoms with van der Waals surface area (Å²) < 4.78 is 3.58. The second kappa shape index (κ2) is 7.78. The van der Waals surface area contributed by atoms with Gasteiger partial charge >= 0.3 is 11.7 Å². The van der Waals surface area contributed by atoms with Crippen molar-refractivity contribution in [2.75, 3.05) is 0 Å². The van der Waals surface area contributed by atoms with E-state index in [4.69, 9.17) is 0 Å². The molecule has 0 fully saturated rings. The first-order valence-electron chi connectivity index (χ1n) is 5.80. The van der Waals surface area contributed by atoms with Gasteiger partial charge < -0.3 is 24.8 Å². The van der Waals surface area contributed by atoms with Gasteiger partial charge in [0.15, 0.2) is 18.1 Å². The van der Waals surface area contributed by atoms with Crippen molar-refractivity contribution < 1.29 is 38.7 Å². The van der Waals surface area contributed by atoms with E-state index in [2.05, 4.69) is 6.58 Å². The van der Waals surface area contributed by atoms with Gasteiger partial charge in [-0.15, -0.1) is 4.57 Å². The first kappa shape index (κ1) is 18.3. The maximum atomic E-state index is 12.1. The number of carbonyl (C=O) groups is 1. The van der Waals surface area contributed by atoms with Crippen LogP contribution in [0.2, 0.25) is 0 Å². The number of hydrogen-bond donors (Lipinski definition) is 0. The molecule has 2 rings (SSSR count). The molecule has 0 amide bonds. The standard InChI is InChI=1S/C15H16N2O.2ClH/c1-12(2)15(18)17-11-7-5-9-14(17)16-10-6-4-8-13(16)3;;/h4-11H,1H2,2-3H3;2*1H/q+2;;/p-2. The molecule has 0 radical (unpaired) electrons. The van der Waals surface area contributed by atoms with Gasteiger partial charge in [0.05, 0.1) is 11.6 Å². The Balaban J connectivity index is 0.00000180. The zero-order chi connectivity index (χ0) is 13.1. The quantitative estimate of drug-likeness (QED) is 0.408. The summed E-state index contributed by atoms with van der Waals surface area (Å²) in [6.07, 6.45) is 3.69. The lowest BCUT2D eigenvalue weighted by atomic mass is 10.3. The third kappa shape index (κ3) is 3.65. The molecule has 0 aromatic carbocycles. The van der Waals surface area contributed by atoms with Gasteiger partial charge in [-0.2, -0.15) is 0 Å². The number of aromatic nitrogens is 2. The number of rotatable bonds is 2. The number of hydrogen-bond acceptors (Lipinski definition) is 1. The molecule has 106 valence electrons. The van der Waals surface area contributed by atoms with Gasteiger partial charge in [-0.1, -0.05) is 17.2 Å². The van der Waals surface area contributed by atoms with Crippen LogP contribution in [0.3, 0.4) is 0 Å². The molecule has 0 bridgehead atoms. The predicted octanol–water partition coefficient (Wildman–Crippen LogP) is -4.22. The van der Waals surface area contributed by atoms with E-state index < -0.39 is 0 Å². The maximum Gasteiger partial charge on any atom is 0.457 e. The number of allylic oxidation sites excluding steroid dienone is 1. The fourth-order valence-electron chi connectivity index (χ4n) is 1.79. The lowest BCUT2D eigenvalue weighted by molar-refractivity contribution is -0.731. The third-order valence-corrected chi connectivity index (χ3v) is 2.73. The van der Waals surface area contributed by atoms with Crippen LogP contribution in [-0.4, -0.2) is 5.91 Å². The number of halogens is 2. The van der Waals surface area contributed by atoms with E-state index >= 15 is 0 Å². The summed E-state index contributed by atoms with van der Waals surface area (Å²) >= 11 is 0. The van der Waals surface area contributed by atoms with Crippen molar-refractivity contribution in [3.8, 4) is 5.82 Å². The van der Waals surface area contributed by atoms with Gasteiger partial charge in [-0.25, -0.2) is 4.79 Å². The molecule has 2 aromatic rings. The van der Waals surface area contributed by atoms with Crippen LogP contribution < -0.4 is 33.9 Å². The topological polar surface area (TPSA) is 24.8 Å². The van der Waals surface area contributed by atoms with E-state index in [1.165, 1.54) is 0 Å². The van der Waals surface area contributed by atoms with E-state index in [0.29, 0.717) is 5.57 Å². The summed E-state index contributed by atoms with van der Waals surface area (Å²) in [6.45, 7) is 7.43. The van der Waals surface area contributed by atoms with Crippen LogP contribution in [0, 0.1) is 6.92 Å². The molecule has 20 heavy (non-hydrogen) atoms. The Morgan fingerprint density at radius 2 is 1.65 bits per heavy atom. The molecule has 3 nitrogen and oxygen atoms in total. The van der Waals surface area contributed by atoms with Crippen LogP contribution in [0.25, 0.3) is 5.82 Å². The summed E-state index contributed by atoms with van der Waals surface area (Å²) in [5.74, 6) is 0.713. The first-order valence-corrected chi connectivity index (χ1v) is 5.80. The van der Waals surface area contributed by atoms with Crippen molar-refractivity contribution in [2.24, 2.45) is 0 Å². The Kier molecular flexibility index (Phi) is 7.11. The van der Waals surface area contributed by atoms with E-state index in [1.54, 1.807) is 17.7 Å². The molecule has 0 aliphatic rings. The summed E-state index contributed by atoms with van der Waals surface area (Å²) in [5.41, 5.74) is 1.58. The van der Waals surface area contributed by atoms with Crippen molar-refractivity contribution in [1.82, 2.24) is 0 Å². The molecule has 0 N–H and O–H groups in total. The number of aryl methyl sites for hydroxylation is 1. The molecule has 0 aliphatic carbocycles. The second-order valence-electron chi connectivity index (χ2n) is 4.23. The van der Waals surface area contributed by atoms with Crippen molar-refractivity contribution in [1.29, 1.82) is 0 Å². The Bertz CT molecular complexity index is 627. The van der Waals surface area contributed by atoms with Gasteiger partial charge in [0.1, 0.15) is 0 Å². The normalized spacial score (nSPS) is 9.10. The van der Waals surface area contributed by atoms with Gasteiger partial charge in [0.2, 0.25) is 0 Å². The Morgan fingerprint density at radius 3 is 2.25 bits per heavy atom. The largest absolute Gasteiger partial charge is 1.00 e. The minimum Gasteiger partial charge on any atom is -1.00 e. The average Bonchev–Trinajstić information content (AvgIpc) is 2.38. The summed E-state index contributed by atoms with van der Waals surface area (Å²) in [7, 11) is 0. The van der Waals surface area contributed by atoms with Crippen molar-refractivity contribution >= 4 is 5.91 Å². The van der Waals surface area contributed by atoms with Crippen molar-refractivity contribution in [2.45, 2.75) is 13.8 Å². The van der Waals surface area contributed by atoms with Crippen LogP contribution in [0.4, 0.5) is 0 Å². The fraction of sp³-hybridized carbons (Fsp3) is 0.133. The Hall–Kier alpha value is -1.71. The number of carbonyl (C=O) groups excluding carboxylic acids is 1. The lowest BCUT2D eigenvalue weighted by Gasteiger charge is -1.98. The molecule has 0 spiro atoms. The average molecular weight is 311 g/mol. The summed E-state index contributed by atoms with van der Waals surface area (Å²) in [6, 6.07) is 11.6.